The minimum absolute atomic E-state index is 0.0676. The molecule has 3 unspecified atom stereocenters. The van der Waals surface area contributed by atoms with Crippen LogP contribution in [0.1, 0.15) is 11.5 Å². The fourth-order valence-corrected chi connectivity index (χ4v) is 6.19. The molecular weight excluding hydrogens is 369 g/mol. The van der Waals surface area contributed by atoms with E-state index in [0.29, 0.717) is 10.0 Å². The van der Waals surface area contributed by atoms with Gasteiger partial charge in [0.2, 0.25) is 0 Å². The van der Waals surface area contributed by atoms with Crippen LogP contribution in [0.3, 0.4) is 0 Å². The fourth-order valence-electron chi connectivity index (χ4n) is 3.42. The Morgan fingerprint density at radius 1 is 1.08 bits per heavy atom. The highest BCUT2D eigenvalue weighted by atomic mass is 35.5. The van der Waals surface area contributed by atoms with Crippen molar-refractivity contribution in [3.8, 4) is 0 Å². The van der Waals surface area contributed by atoms with Crippen molar-refractivity contribution < 1.29 is 13.5 Å². The molecule has 3 N–H and O–H groups in total. The first kappa shape index (κ1) is 17.7. The lowest BCUT2D eigenvalue weighted by molar-refractivity contribution is 0.212. The Hall–Kier alpha value is -1.11. The summed E-state index contributed by atoms with van der Waals surface area (Å²) in [6, 6.07) is 13.0. The van der Waals surface area contributed by atoms with Crippen LogP contribution in [0.2, 0.25) is 10.0 Å². The molecule has 1 fully saturated rings. The summed E-state index contributed by atoms with van der Waals surface area (Å²) in [4.78, 5) is 0.174. The van der Waals surface area contributed by atoms with Crippen LogP contribution in [0.25, 0.3) is 0 Å². The Kier molecular flexibility index (Phi) is 4.66. The van der Waals surface area contributed by atoms with Gasteiger partial charge in [-0.3, -0.25) is 0 Å². The molecule has 0 spiro atoms. The molecule has 0 saturated heterocycles. The lowest BCUT2D eigenvalue weighted by Crippen LogP contribution is -2.27. The molecule has 24 heavy (non-hydrogen) atoms. The van der Waals surface area contributed by atoms with Gasteiger partial charge >= 0.3 is 0 Å². The van der Waals surface area contributed by atoms with E-state index in [4.69, 9.17) is 28.9 Å². The van der Waals surface area contributed by atoms with E-state index in [2.05, 4.69) is 0 Å². The van der Waals surface area contributed by atoms with Crippen molar-refractivity contribution in [2.75, 3.05) is 13.2 Å². The van der Waals surface area contributed by atoms with Crippen LogP contribution >= 0.6 is 23.2 Å². The molecule has 0 aromatic heterocycles. The number of nitrogens with two attached hydrogens (primary N) is 1. The van der Waals surface area contributed by atoms with Crippen molar-refractivity contribution in [1.82, 2.24) is 0 Å². The van der Waals surface area contributed by atoms with Crippen molar-refractivity contribution in [2.45, 2.75) is 16.1 Å². The molecule has 1 saturated carbocycles. The zero-order chi connectivity index (χ0) is 17.5. The maximum Gasteiger partial charge on any atom is 0.182 e. The van der Waals surface area contributed by atoms with Crippen molar-refractivity contribution >= 4 is 33.0 Å². The van der Waals surface area contributed by atoms with Gasteiger partial charge in [-0.15, -0.1) is 0 Å². The van der Waals surface area contributed by atoms with E-state index < -0.39 is 26.4 Å². The zero-order valence-corrected chi connectivity index (χ0v) is 15.0. The average Bonchev–Trinajstić information content (AvgIpc) is 3.26. The van der Waals surface area contributed by atoms with Crippen molar-refractivity contribution in [3.05, 3.63) is 64.1 Å². The van der Waals surface area contributed by atoms with Crippen LogP contribution in [-0.2, 0) is 9.84 Å². The molecular formula is C17H17Cl2NO3S. The first-order chi connectivity index (χ1) is 11.4. The van der Waals surface area contributed by atoms with Gasteiger partial charge < -0.3 is 10.8 Å². The summed E-state index contributed by atoms with van der Waals surface area (Å²) < 4.78 is 26.1. The van der Waals surface area contributed by atoms with E-state index >= 15 is 0 Å². The number of aliphatic hydroxyl groups is 1. The van der Waals surface area contributed by atoms with Gasteiger partial charge in [0.1, 0.15) is 0 Å². The minimum Gasteiger partial charge on any atom is -0.396 e. The Labute approximate surface area is 151 Å². The van der Waals surface area contributed by atoms with Gasteiger partial charge in [-0.25, -0.2) is 8.42 Å². The standard InChI is InChI=1S/C17H17Cl2NO3S/c18-12-4-6-14(7-5-12)24(22,23)16-15(17(16,9-20)10-21)11-2-1-3-13(19)8-11/h1-8,15-16,21H,9-10,20H2. The molecule has 0 bridgehead atoms. The Morgan fingerprint density at radius 2 is 1.75 bits per heavy atom. The van der Waals surface area contributed by atoms with E-state index in [1.165, 1.54) is 24.3 Å². The van der Waals surface area contributed by atoms with Gasteiger partial charge in [0, 0.05) is 27.9 Å². The molecule has 1 aliphatic carbocycles. The second kappa shape index (κ2) is 6.32. The van der Waals surface area contributed by atoms with Crippen molar-refractivity contribution in [2.24, 2.45) is 11.1 Å². The normalized spacial score (nSPS) is 26.3. The third-order valence-electron chi connectivity index (χ3n) is 4.74. The summed E-state index contributed by atoms with van der Waals surface area (Å²) in [6.45, 7) is -0.240. The van der Waals surface area contributed by atoms with Crippen LogP contribution in [0.5, 0.6) is 0 Å². The van der Waals surface area contributed by atoms with Gasteiger partial charge in [-0.2, -0.15) is 0 Å². The van der Waals surface area contributed by atoms with Crippen LogP contribution in [0.4, 0.5) is 0 Å². The predicted molar refractivity (Wildman–Crippen MR) is 95.2 cm³/mol. The van der Waals surface area contributed by atoms with Gasteiger partial charge in [-0.05, 0) is 42.0 Å². The Balaban J connectivity index is 2.06. The van der Waals surface area contributed by atoms with Crippen molar-refractivity contribution in [3.63, 3.8) is 0 Å². The SMILES string of the molecule is NCC1(CO)C(c2cccc(Cl)c2)C1S(=O)(=O)c1ccc(Cl)cc1. The molecule has 1 aliphatic rings. The number of rotatable bonds is 5. The fraction of sp³-hybridized carbons (Fsp3) is 0.294. The summed E-state index contributed by atoms with van der Waals surface area (Å²) in [5, 5.41) is 10.1. The number of hydrogen-bond donors (Lipinski definition) is 2. The van der Waals surface area contributed by atoms with Gasteiger partial charge in [0.25, 0.3) is 0 Å². The maximum absolute atomic E-state index is 13.1. The number of sulfone groups is 1. The highest BCUT2D eigenvalue weighted by molar-refractivity contribution is 7.92. The zero-order valence-electron chi connectivity index (χ0n) is 12.7. The van der Waals surface area contributed by atoms with Gasteiger partial charge in [0.05, 0.1) is 16.8 Å². The topological polar surface area (TPSA) is 80.4 Å². The van der Waals surface area contributed by atoms with Crippen molar-refractivity contribution in [1.29, 1.82) is 0 Å². The minimum atomic E-state index is -3.67. The van der Waals surface area contributed by atoms with Gasteiger partial charge in [0.15, 0.2) is 9.84 Å². The number of benzene rings is 2. The largest absolute Gasteiger partial charge is 0.396 e. The molecule has 2 aromatic carbocycles. The Bertz CT molecular complexity index is 848. The third-order valence-corrected chi connectivity index (χ3v) is 7.56. The van der Waals surface area contributed by atoms with Crippen LogP contribution < -0.4 is 5.73 Å². The molecule has 0 aliphatic heterocycles. The first-order valence-corrected chi connectivity index (χ1v) is 9.73. The predicted octanol–water partition coefficient (Wildman–Crippen LogP) is 2.87. The van der Waals surface area contributed by atoms with Crippen LogP contribution in [0.15, 0.2) is 53.4 Å². The molecule has 0 radical (unpaired) electrons. The first-order valence-electron chi connectivity index (χ1n) is 7.42. The summed E-state index contributed by atoms with van der Waals surface area (Å²) in [6.07, 6.45) is 0. The summed E-state index contributed by atoms with van der Waals surface area (Å²) in [5.41, 5.74) is 5.72. The highest BCUT2D eigenvalue weighted by Gasteiger charge is 2.70. The molecule has 3 rings (SSSR count). The molecule has 2 aromatic rings. The molecule has 7 heteroatoms. The number of aliphatic hydroxyl groups excluding tert-OH is 1. The molecule has 4 nitrogen and oxygen atoms in total. The average molecular weight is 386 g/mol. The third kappa shape index (κ3) is 2.74. The quantitative estimate of drug-likeness (QED) is 0.828. The summed E-state index contributed by atoms with van der Waals surface area (Å²) in [5.74, 6) is -0.396. The smallest absolute Gasteiger partial charge is 0.182 e. The van der Waals surface area contributed by atoms with E-state index in [1.54, 1.807) is 18.2 Å². The van der Waals surface area contributed by atoms with E-state index in [9.17, 15) is 13.5 Å². The van der Waals surface area contributed by atoms with E-state index in [1.807, 2.05) is 6.07 Å². The molecule has 0 amide bonds. The molecule has 128 valence electrons. The second-order valence-corrected chi connectivity index (χ2v) is 8.99. The van der Waals surface area contributed by atoms with Gasteiger partial charge in [-0.1, -0.05) is 35.3 Å². The molecule has 0 heterocycles. The molecule has 3 atom stereocenters. The van der Waals surface area contributed by atoms with Crippen LogP contribution in [0, 0.1) is 5.41 Å². The lowest BCUT2D eigenvalue weighted by atomic mass is 10.0. The lowest BCUT2D eigenvalue weighted by Gasteiger charge is -2.12. The number of halogens is 2. The maximum atomic E-state index is 13.1. The van der Waals surface area contributed by atoms with E-state index in [0.717, 1.165) is 5.56 Å². The summed E-state index contributed by atoms with van der Waals surface area (Å²) >= 11 is 11.9. The number of hydrogen-bond acceptors (Lipinski definition) is 4. The highest BCUT2D eigenvalue weighted by Crippen LogP contribution is 2.63. The monoisotopic (exact) mass is 385 g/mol. The second-order valence-electron chi connectivity index (χ2n) is 6.05. The summed E-state index contributed by atoms with van der Waals surface area (Å²) in [7, 11) is -3.67. The Morgan fingerprint density at radius 3 is 2.29 bits per heavy atom. The van der Waals surface area contributed by atoms with E-state index in [-0.39, 0.29) is 18.0 Å². The van der Waals surface area contributed by atoms with Crippen LogP contribution in [-0.4, -0.2) is 31.9 Å².